The van der Waals surface area contributed by atoms with Gasteiger partial charge in [-0.05, 0) is 49.2 Å². The first-order valence-electron chi connectivity index (χ1n) is 10.7. The molecule has 0 bridgehead atoms. The van der Waals surface area contributed by atoms with Crippen molar-refractivity contribution in [3.63, 3.8) is 0 Å². The third kappa shape index (κ3) is 8.14. The largest absolute Gasteiger partial charge is 0.491 e. The lowest BCUT2D eigenvalue weighted by Crippen LogP contribution is -2.35. The van der Waals surface area contributed by atoms with Crippen molar-refractivity contribution >= 4 is 21.6 Å². The average Bonchev–Trinajstić information content (AvgIpc) is 2.74. The highest BCUT2D eigenvalue weighted by Gasteiger charge is 2.17. The molecule has 0 radical (unpaired) electrons. The molecule has 1 aliphatic heterocycles. The van der Waals surface area contributed by atoms with E-state index in [9.17, 15) is 13.2 Å². The van der Waals surface area contributed by atoms with Crippen LogP contribution in [0.2, 0.25) is 0 Å². The molecule has 174 valence electrons. The van der Waals surface area contributed by atoms with Crippen molar-refractivity contribution in [1.29, 1.82) is 0 Å². The fraction of sp³-hybridized carbons (Fsp3) is 0.435. The van der Waals surface area contributed by atoms with Crippen LogP contribution < -0.4 is 14.8 Å². The number of hydrogen-bond donors (Lipinski definition) is 2. The second-order valence-corrected chi connectivity index (χ2v) is 9.76. The lowest BCUT2D eigenvalue weighted by molar-refractivity contribution is -0.118. The maximum Gasteiger partial charge on any atom is 0.241 e. The van der Waals surface area contributed by atoms with Gasteiger partial charge in [0.2, 0.25) is 15.9 Å². The number of hydrogen-bond acceptors (Lipinski definition) is 6. The molecule has 2 aromatic carbocycles. The number of nitrogens with one attached hydrogen (secondary N) is 2. The van der Waals surface area contributed by atoms with Crippen LogP contribution in [0.15, 0.2) is 48.5 Å². The lowest BCUT2D eigenvalue weighted by atomic mass is 10.1. The van der Waals surface area contributed by atoms with E-state index >= 15 is 0 Å². The van der Waals surface area contributed by atoms with E-state index in [-0.39, 0.29) is 12.6 Å². The number of rotatable bonds is 10. The van der Waals surface area contributed by atoms with Gasteiger partial charge in [0.25, 0.3) is 0 Å². The van der Waals surface area contributed by atoms with Crippen LogP contribution in [0.25, 0.3) is 0 Å². The van der Waals surface area contributed by atoms with Crippen molar-refractivity contribution in [2.75, 3.05) is 36.8 Å². The number of nitrogens with zero attached hydrogens (tertiary/aromatic N) is 1. The van der Waals surface area contributed by atoms with Crippen molar-refractivity contribution in [2.45, 2.75) is 33.0 Å². The van der Waals surface area contributed by atoms with Crippen molar-refractivity contribution in [2.24, 2.45) is 0 Å². The van der Waals surface area contributed by atoms with Crippen molar-refractivity contribution < 1.29 is 22.7 Å². The van der Waals surface area contributed by atoms with E-state index in [1.54, 1.807) is 24.3 Å². The Morgan fingerprint density at radius 1 is 1.09 bits per heavy atom. The number of anilines is 1. The van der Waals surface area contributed by atoms with Crippen molar-refractivity contribution in [3.8, 4) is 5.75 Å². The van der Waals surface area contributed by atoms with E-state index in [4.69, 9.17) is 9.47 Å². The van der Waals surface area contributed by atoms with Crippen molar-refractivity contribution in [3.05, 3.63) is 59.7 Å². The summed E-state index contributed by atoms with van der Waals surface area (Å²) in [5, 5.41) is 2.69. The van der Waals surface area contributed by atoms with Gasteiger partial charge in [0.05, 0.1) is 19.3 Å². The summed E-state index contributed by atoms with van der Waals surface area (Å²) < 4.78 is 38.0. The summed E-state index contributed by atoms with van der Waals surface area (Å²) in [4.78, 5) is 14.5. The van der Waals surface area contributed by atoms with Gasteiger partial charge in [-0.15, -0.1) is 0 Å². The summed E-state index contributed by atoms with van der Waals surface area (Å²) in [6.45, 7) is 8.21. The van der Waals surface area contributed by atoms with Gasteiger partial charge in [-0.25, -0.2) is 8.42 Å². The van der Waals surface area contributed by atoms with Crippen LogP contribution in [0.3, 0.4) is 0 Å². The summed E-state index contributed by atoms with van der Waals surface area (Å²) in [6, 6.07) is 14.5. The van der Waals surface area contributed by atoms with Crippen LogP contribution in [0.5, 0.6) is 5.75 Å². The third-order valence-electron chi connectivity index (χ3n) is 4.81. The molecule has 1 saturated heterocycles. The highest BCUT2D eigenvalue weighted by atomic mass is 32.2. The summed E-state index contributed by atoms with van der Waals surface area (Å²) in [7, 11) is -3.82. The van der Waals surface area contributed by atoms with Crippen LogP contribution >= 0.6 is 0 Å². The van der Waals surface area contributed by atoms with E-state index in [0.29, 0.717) is 11.4 Å². The van der Waals surface area contributed by atoms with Crippen molar-refractivity contribution in [1.82, 2.24) is 10.2 Å². The highest BCUT2D eigenvalue weighted by Crippen LogP contribution is 2.18. The van der Waals surface area contributed by atoms with E-state index < -0.39 is 21.7 Å². The standard InChI is InChI=1S/C23H31N3O5S/c1-18(2)31-22-8-6-21(7-9-22)25-32(28,29)17-23(27)24-15-19-4-3-5-20(14-19)16-26-10-12-30-13-11-26/h3-9,14,18,25H,10-13,15-17H2,1-2H3,(H,24,27). The smallest absolute Gasteiger partial charge is 0.241 e. The van der Waals surface area contributed by atoms with Crippen LogP contribution in [0, 0.1) is 0 Å². The molecule has 0 atom stereocenters. The molecular formula is C23H31N3O5S. The Labute approximate surface area is 190 Å². The molecule has 0 aliphatic carbocycles. The molecule has 3 rings (SSSR count). The van der Waals surface area contributed by atoms with Crippen LogP contribution in [0.4, 0.5) is 5.69 Å². The SMILES string of the molecule is CC(C)Oc1ccc(NS(=O)(=O)CC(=O)NCc2cccc(CN3CCOCC3)c2)cc1. The number of carbonyl (C=O) groups is 1. The van der Waals surface area contributed by atoms with Gasteiger partial charge in [0.1, 0.15) is 11.5 Å². The molecule has 32 heavy (non-hydrogen) atoms. The fourth-order valence-corrected chi connectivity index (χ4v) is 4.38. The van der Waals surface area contributed by atoms with Gasteiger partial charge < -0.3 is 14.8 Å². The van der Waals surface area contributed by atoms with E-state index in [0.717, 1.165) is 44.0 Å². The highest BCUT2D eigenvalue weighted by molar-refractivity contribution is 7.93. The predicted octanol–water partition coefficient (Wildman–Crippen LogP) is 2.36. The summed E-state index contributed by atoms with van der Waals surface area (Å²) in [5.41, 5.74) is 2.46. The maximum absolute atomic E-state index is 12.3. The lowest BCUT2D eigenvalue weighted by Gasteiger charge is -2.26. The second kappa shape index (κ2) is 11.3. The molecule has 1 heterocycles. The Morgan fingerprint density at radius 3 is 2.47 bits per heavy atom. The monoisotopic (exact) mass is 461 g/mol. The zero-order valence-corrected chi connectivity index (χ0v) is 19.4. The van der Waals surface area contributed by atoms with Crippen LogP contribution in [-0.2, 0) is 32.6 Å². The summed E-state index contributed by atoms with van der Waals surface area (Å²) >= 11 is 0. The molecule has 0 unspecified atom stereocenters. The Morgan fingerprint density at radius 2 is 1.78 bits per heavy atom. The van der Waals surface area contributed by atoms with Gasteiger partial charge >= 0.3 is 0 Å². The summed E-state index contributed by atoms with van der Waals surface area (Å²) in [5.74, 6) is -0.558. The van der Waals surface area contributed by atoms with Gasteiger partial charge in [0, 0.05) is 31.9 Å². The quantitative estimate of drug-likeness (QED) is 0.564. The molecule has 9 heteroatoms. The Hall–Kier alpha value is -2.62. The average molecular weight is 462 g/mol. The number of benzene rings is 2. The predicted molar refractivity (Wildman–Crippen MR) is 124 cm³/mol. The number of ether oxygens (including phenoxy) is 2. The molecular weight excluding hydrogens is 430 g/mol. The number of sulfonamides is 1. The Kier molecular flexibility index (Phi) is 8.49. The maximum atomic E-state index is 12.3. The molecule has 1 fully saturated rings. The van der Waals surface area contributed by atoms with E-state index in [1.807, 2.05) is 38.1 Å². The summed E-state index contributed by atoms with van der Waals surface area (Å²) in [6.07, 6.45) is 0.0290. The molecule has 2 N–H and O–H groups in total. The first-order chi connectivity index (χ1) is 15.3. The first-order valence-corrected chi connectivity index (χ1v) is 12.4. The Bertz CT molecular complexity index is 987. The second-order valence-electron chi connectivity index (χ2n) is 8.04. The molecule has 1 amide bonds. The third-order valence-corrected chi connectivity index (χ3v) is 6.00. The zero-order valence-electron chi connectivity index (χ0n) is 18.5. The minimum Gasteiger partial charge on any atom is -0.491 e. The molecule has 0 spiro atoms. The van der Waals surface area contributed by atoms with Gasteiger partial charge in [0.15, 0.2) is 0 Å². The minimum atomic E-state index is -3.82. The normalized spacial score (nSPS) is 14.8. The minimum absolute atomic E-state index is 0.0290. The number of amides is 1. The van der Waals surface area contributed by atoms with Gasteiger partial charge in [-0.2, -0.15) is 0 Å². The molecule has 0 saturated carbocycles. The van der Waals surface area contributed by atoms with Gasteiger partial charge in [-0.3, -0.25) is 14.4 Å². The van der Waals surface area contributed by atoms with Crippen LogP contribution in [-0.4, -0.2) is 57.4 Å². The molecule has 1 aliphatic rings. The molecule has 2 aromatic rings. The fourth-order valence-electron chi connectivity index (χ4n) is 3.37. The zero-order chi connectivity index (χ0) is 23.0. The Balaban J connectivity index is 1.47. The van der Waals surface area contributed by atoms with Crippen LogP contribution in [0.1, 0.15) is 25.0 Å². The molecule has 8 nitrogen and oxygen atoms in total. The number of morpholine rings is 1. The molecule has 0 aromatic heterocycles. The van der Waals surface area contributed by atoms with E-state index in [1.165, 1.54) is 0 Å². The first kappa shape index (κ1) is 24.0. The van der Waals surface area contributed by atoms with E-state index in [2.05, 4.69) is 14.9 Å². The van der Waals surface area contributed by atoms with Gasteiger partial charge in [-0.1, -0.05) is 24.3 Å². The topological polar surface area (TPSA) is 97.0 Å². The number of carbonyl (C=O) groups excluding carboxylic acids is 1.